The summed E-state index contributed by atoms with van der Waals surface area (Å²) in [4.78, 5) is 0. The third-order valence-corrected chi connectivity index (χ3v) is 0. The van der Waals surface area contributed by atoms with Gasteiger partial charge < -0.3 is 0 Å². The van der Waals surface area contributed by atoms with Crippen molar-refractivity contribution in [3.05, 3.63) is 0 Å². The molecule has 0 unspecified atom stereocenters. The molecule has 0 aliphatic rings. The quantitative estimate of drug-likeness (QED) is 0.388. The third-order valence-electron chi connectivity index (χ3n) is 0. The standard InChI is InChI=1S/Cl3N.K.Pt/c1-4(2)3;;/q;+1;+2. The normalized spacial score (nSPS) is 6.00. The van der Waals surface area contributed by atoms with Crippen molar-refractivity contribution in [1.29, 1.82) is 0 Å². The fourth-order valence-electron chi connectivity index (χ4n) is 0. The Labute approximate surface area is 109 Å². The Balaban J connectivity index is -0.0000000450. The van der Waals surface area contributed by atoms with E-state index in [-0.39, 0.29) is 72.4 Å². The minimum absolute atomic E-state index is 0. The van der Waals surface area contributed by atoms with E-state index >= 15 is 0 Å². The molecule has 0 bridgehead atoms. The van der Waals surface area contributed by atoms with Crippen molar-refractivity contribution in [2.24, 2.45) is 0 Å². The summed E-state index contributed by atoms with van der Waals surface area (Å²) >= 11 is 13.9. The fraction of sp³-hybridized carbons (Fsp3) is 0. The maximum atomic E-state index is 4.64. The van der Waals surface area contributed by atoms with Gasteiger partial charge in [0.15, 0.2) is 0 Å². The number of hydrogen-bond donors (Lipinski definition) is 0. The second-order valence-electron chi connectivity index (χ2n) is 0.192. The smallest absolute Gasteiger partial charge is 0.0380 e. The first-order chi connectivity index (χ1) is 1.73. The van der Waals surface area contributed by atoms with Gasteiger partial charge in [-0.05, 0) is 3.46 Å². The summed E-state index contributed by atoms with van der Waals surface area (Å²) < 4.78 is 0.417. The van der Waals surface area contributed by atoms with Crippen LogP contribution in [0.25, 0.3) is 0 Å². The minimum Gasteiger partial charge on any atom is -0.0380 e. The van der Waals surface area contributed by atoms with Gasteiger partial charge in [0, 0.05) is 35.3 Å². The van der Waals surface area contributed by atoms with Gasteiger partial charge in [-0.1, -0.05) is 0 Å². The Morgan fingerprint density at radius 3 is 1.00 bits per heavy atom. The van der Waals surface area contributed by atoms with Crippen molar-refractivity contribution in [1.82, 2.24) is 3.46 Å². The van der Waals surface area contributed by atoms with Gasteiger partial charge in [0.05, 0.1) is 0 Å². The molecule has 0 saturated heterocycles. The van der Waals surface area contributed by atoms with Gasteiger partial charge in [0.1, 0.15) is 0 Å². The van der Waals surface area contributed by atoms with Crippen LogP contribution in [0.3, 0.4) is 0 Å². The first kappa shape index (κ1) is 16.1. The van der Waals surface area contributed by atoms with Crippen molar-refractivity contribution in [3.63, 3.8) is 0 Å². The molecule has 0 radical (unpaired) electrons. The first-order valence-electron chi connectivity index (χ1n) is 0.507. The second kappa shape index (κ2) is 11.0. The Bertz CT molecular complexity index is 15.5. The topological polar surface area (TPSA) is 3.24 Å². The van der Waals surface area contributed by atoms with Crippen molar-refractivity contribution in [2.45, 2.75) is 0 Å². The summed E-state index contributed by atoms with van der Waals surface area (Å²) in [6.45, 7) is 0. The van der Waals surface area contributed by atoms with E-state index in [4.69, 9.17) is 0 Å². The van der Waals surface area contributed by atoms with Gasteiger partial charge in [-0.15, -0.1) is 0 Å². The van der Waals surface area contributed by atoms with Crippen LogP contribution in [-0.4, -0.2) is 3.46 Å². The summed E-state index contributed by atoms with van der Waals surface area (Å²) in [5.74, 6) is 0. The van der Waals surface area contributed by atoms with E-state index in [0.29, 0.717) is 3.46 Å². The van der Waals surface area contributed by atoms with Crippen LogP contribution in [0, 0.1) is 0 Å². The van der Waals surface area contributed by atoms with Gasteiger partial charge in [-0.2, -0.15) is 0 Å². The van der Waals surface area contributed by atoms with Crippen molar-refractivity contribution in [2.75, 3.05) is 0 Å². The Morgan fingerprint density at radius 2 is 1.00 bits per heavy atom. The number of nitrogens with zero attached hydrogens (tertiary/aromatic N) is 1. The van der Waals surface area contributed by atoms with E-state index in [0.717, 1.165) is 0 Å². The van der Waals surface area contributed by atoms with Crippen molar-refractivity contribution in [3.8, 4) is 0 Å². The van der Waals surface area contributed by atoms with Gasteiger partial charge in [0.25, 0.3) is 0 Å². The van der Waals surface area contributed by atoms with Crippen molar-refractivity contribution >= 4 is 35.3 Å². The molecule has 0 atom stereocenters. The fourth-order valence-corrected chi connectivity index (χ4v) is 0. The molecule has 0 aliphatic heterocycles. The SMILES string of the molecule is ClN(Cl)Cl.[K+].[Pt+2]. The van der Waals surface area contributed by atoms with Crippen LogP contribution in [0.15, 0.2) is 0 Å². The largest absolute Gasteiger partial charge is 2.00 e. The van der Waals surface area contributed by atoms with Crippen LogP contribution in [0.2, 0.25) is 0 Å². The Hall–Kier alpha value is 3.15. The van der Waals surface area contributed by atoms with Gasteiger partial charge in [0.2, 0.25) is 0 Å². The molecule has 0 rings (SSSR count). The van der Waals surface area contributed by atoms with E-state index < -0.39 is 0 Å². The van der Waals surface area contributed by atoms with Crippen LogP contribution >= 0.6 is 35.3 Å². The number of hydrogen-bond acceptors (Lipinski definition) is 1. The Kier molecular flexibility index (Phi) is 29.5. The molecular formula is Cl3KNPt+3. The second-order valence-corrected chi connectivity index (χ2v) is 1.72. The Morgan fingerprint density at radius 1 is 1.00 bits per heavy atom. The summed E-state index contributed by atoms with van der Waals surface area (Å²) in [6.07, 6.45) is 0. The van der Waals surface area contributed by atoms with Gasteiger partial charge >= 0.3 is 72.4 Å². The van der Waals surface area contributed by atoms with E-state index in [2.05, 4.69) is 35.3 Å². The molecule has 0 aliphatic carbocycles. The molecule has 34 valence electrons. The van der Waals surface area contributed by atoms with Crippen LogP contribution in [0.5, 0.6) is 0 Å². The molecule has 0 amide bonds. The molecule has 0 saturated carbocycles. The minimum atomic E-state index is 0. The predicted octanol–water partition coefficient (Wildman–Crippen LogP) is -1.25. The molecule has 6 heavy (non-hydrogen) atoms. The number of rotatable bonds is 0. The molecule has 0 heterocycles. The molecule has 0 spiro atoms. The summed E-state index contributed by atoms with van der Waals surface area (Å²) in [7, 11) is 0. The van der Waals surface area contributed by atoms with Crippen molar-refractivity contribution < 1.29 is 72.4 Å². The number of halogens is 3. The summed E-state index contributed by atoms with van der Waals surface area (Å²) in [5, 5.41) is 0. The zero-order valence-corrected chi connectivity index (χ0v) is 10.6. The summed E-state index contributed by atoms with van der Waals surface area (Å²) in [5.41, 5.74) is 0. The first-order valence-corrected chi connectivity index (χ1v) is 1.52. The van der Waals surface area contributed by atoms with E-state index in [9.17, 15) is 0 Å². The maximum absolute atomic E-state index is 4.64. The molecule has 0 aromatic heterocycles. The van der Waals surface area contributed by atoms with Crippen LogP contribution in [0.1, 0.15) is 0 Å². The molecule has 0 aromatic rings. The molecule has 1 nitrogen and oxygen atoms in total. The average Bonchev–Trinajstić information content (AvgIpc) is 0.811. The monoisotopic (exact) mass is 353 g/mol. The zero-order chi connectivity index (χ0) is 3.58. The van der Waals surface area contributed by atoms with Crippen LogP contribution in [-0.2, 0) is 21.1 Å². The summed E-state index contributed by atoms with van der Waals surface area (Å²) in [6, 6.07) is 0. The molecule has 0 N–H and O–H groups in total. The maximum Gasteiger partial charge on any atom is 2.00 e. The predicted molar refractivity (Wildman–Crippen MR) is 19.4 cm³/mol. The van der Waals surface area contributed by atoms with E-state index in [1.165, 1.54) is 0 Å². The van der Waals surface area contributed by atoms with Crippen LogP contribution < -0.4 is 51.4 Å². The third kappa shape index (κ3) is 27.2. The zero-order valence-electron chi connectivity index (χ0n) is 2.90. The van der Waals surface area contributed by atoms with Gasteiger partial charge in [-0.25, -0.2) is 0 Å². The van der Waals surface area contributed by atoms with Crippen LogP contribution in [0.4, 0.5) is 0 Å². The van der Waals surface area contributed by atoms with E-state index in [1.807, 2.05) is 0 Å². The average molecular weight is 355 g/mol. The van der Waals surface area contributed by atoms with Gasteiger partial charge in [-0.3, -0.25) is 0 Å². The molecule has 0 aromatic carbocycles. The molecular weight excluding hydrogens is 355 g/mol. The molecule has 0 fully saturated rings. The molecule has 6 heteroatoms. The van der Waals surface area contributed by atoms with E-state index in [1.54, 1.807) is 0 Å².